The third-order valence-corrected chi connectivity index (χ3v) is 3.55. The number of hydrogen-bond donors (Lipinski definition) is 2. The second kappa shape index (κ2) is 4.78. The van der Waals surface area contributed by atoms with Gasteiger partial charge in [0, 0.05) is 23.8 Å². The van der Waals surface area contributed by atoms with Crippen LogP contribution in [0.5, 0.6) is 0 Å². The summed E-state index contributed by atoms with van der Waals surface area (Å²) < 4.78 is 0. The maximum atomic E-state index is 10.7. The van der Waals surface area contributed by atoms with E-state index < -0.39 is 11.6 Å². The first-order valence-corrected chi connectivity index (χ1v) is 6.23. The van der Waals surface area contributed by atoms with Crippen molar-refractivity contribution in [2.24, 2.45) is 0 Å². The normalized spacial score (nSPS) is 23.4. The van der Waals surface area contributed by atoms with Gasteiger partial charge < -0.3 is 15.1 Å². The monoisotopic (exact) mass is 269 g/mol. The number of carbonyl (C=O) groups is 1. The van der Waals surface area contributed by atoms with Crippen LogP contribution >= 0.6 is 11.6 Å². The minimum Gasteiger partial charge on any atom is -0.481 e. The van der Waals surface area contributed by atoms with E-state index in [1.165, 1.54) is 0 Å². The zero-order chi connectivity index (χ0) is 13.3. The molecule has 2 N–H and O–H groups in total. The molecule has 0 aliphatic carbocycles. The van der Waals surface area contributed by atoms with E-state index in [-0.39, 0.29) is 6.42 Å². The quantitative estimate of drug-likeness (QED) is 0.882. The van der Waals surface area contributed by atoms with Gasteiger partial charge in [0.25, 0.3) is 0 Å². The lowest BCUT2D eigenvalue weighted by Gasteiger charge is -2.24. The van der Waals surface area contributed by atoms with E-state index in [4.69, 9.17) is 16.7 Å². The van der Waals surface area contributed by atoms with E-state index in [2.05, 4.69) is 0 Å². The Hall–Kier alpha value is -1.26. The number of rotatable bonds is 3. The van der Waals surface area contributed by atoms with Crippen molar-refractivity contribution in [3.63, 3.8) is 0 Å². The van der Waals surface area contributed by atoms with Gasteiger partial charge in [-0.3, -0.25) is 4.79 Å². The van der Waals surface area contributed by atoms with Crippen LogP contribution < -0.4 is 4.90 Å². The Balaban J connectivity index is 2.15. The highest BCUT2D eigenvalue weighted by molar-refractivity contribution is 6.30. The molecule has 2 rings (SSSR count). The average molecular weight is 270 g/mol. The number of aryl methyl sites for hydroxylation is 1. The van der Waals surface area contributed by atoms with Gasteiger partial charge >= 0.3 is 5.97 Å². The first-order chi connectivity index (χ1) is 8.39. The summed E-state index contributed by atoms with van der Waals surface area (Å²) in [6, 6.07) is 5.58. The molecule has 98 valence electrons. The molecule has 0 aromatic heterocycles. The molecule has 4 nitrogen and oxygen atoms in total. The molecule has 0 radical (unpaired) electrons. The number of benzene rings is 1. The summed E-state index contributed by atoms with van der Waals surface area (Å²) in [5.74, 6) is -0.966. The number of aliphatic hydroxyl groups is 1. The second-order valence-electron chi connectivity index (χ2n) is 4.90. The van der Waals surface area contributed by atoms with Crippen molar-refractivity contribution in [3.05, 3.63) is 28.8 Å². The predicted octanol–water partition coefficient (Wildman–Crippen LogP) is 2.06. The highest BCUT2D eigenvalue weighted by Gasteiger charge is 2.38. The van der Waals surface area contributed by atoms with E-state index >= 15 is 0 Å². The summed E-state index contributed by atoms with van der Waals surface area (Å²) >= 11 is 5.90. The number of carboxylic acids is 1. The van der Waals surface area contributed by atoms with E-state index in [0.717, 1.165) is 11.3 Å². The molecule has 0 spiro atoms. The Labute approximate surface area is 111 Å². The van der Waals surface area contributed by atoms with Crippen LogP contribution in [0.1, 0.15) is 18.4 Å². The number of carboxylic acid groups (broad SMARTS) is 1. The van der Waals surface area contributed by atoms with Crippen LogP contribution in [0.25, 0.3) is 0 Å². The molecule has 1 aliphatic heterocycles. The number of anilines is 1. The van der Waals surface area contributed by atoms with Crippen LogP contribution in [-0.4, -0.2) is 34.9 Å². The van der Waals surface area contributed by atoms with Crippen molar-refractivity contribution in [2.45, 2.75) is 25.4 Å². The lowest BCUT2D eigenvalue weighted by atomic mass is 9.99. The average Bonchev–Trinajstić information content (AvgIpc) is 2.59. The smallest absolute Gasteiger partial charge is 0.306 e. The maximum Gasteiger partial charge on any atom is 0.306 e. The van der Waals surface area contributed by atoms with Crippen molar-refractivity contribution >= 4 is 23.3 Å². The standard InChI is InChI=1S/C13H16ClNO3/c1-9-6-10(14)2-3-11(9)15-5-4-13(18,8-15)7-12(16)17/h2-3,6,18H,4-5,7-8H2,1H3,(H,16,17). The van der Waals surface area contributed by atoms with E-state index in [1.54, 1.807) is 6.07 Å². The van der Waals surface area contributed by atoms with Crippen molar-refractivity contribution in [3.8, 4) is 0 Å². The number of aliphatic carboxylic acids is 1. The second-order valence-corrected chi connectivity index (χ2v) is 5.33. The van der Waals surface area contributed by atoms with Crippen LogP contribution in [0.2, 0.25) is 5.02 Å². The molecule has 0 amide bonds. The molecule has 1 aromatic rings. The summed E-state index contributed by atoms with van der Waals surface area (Å²) in [6.45, 7) is 2.96. The lowest BCUT2D eigenvalue weighted by Crippen LogP contribution is -2.35. The SMILES string of the molecule is Cc1cc(Cl)ccc1N1CCC(O)(CC(=O)O)C1. The maximum absolute atomic E-state index is 10.7. The minimum absolute atomic E-state index is 0.212. The summed E-state index contributed by atoms with van der Waals surface area (Å²) in [5, 5.41) is 19.7. The molecule has 1 heterocycles. The van der Waals surface area contributed by atoms with Crippen molar-refractivity contribution in [1.82, 2.24) is 0 Å². The van der Waals surface area contributed by atoms with Crippen molar-refractivity contribution < 1.29 is 15.0 Å². The molecule has 18 heavy (non-hydrogen) atoms. The third-order valence-electron chi connectivity index (χ3n) is 3.31. The Morgan fingerprint density at radius 1 is 1.56 bits per heavy atom. The Bertz CT molecular complexity index is 477. The van der Waals surface area contributed by atoms with Crippen LogP contribution in [0.15, 0.2) is 18.2 Å². The Morgan fingerprint density at radius 3 is 2.89 bits per heavy atom. The summed E-state index contributed by atoms with van der Waals surface area (Å²) in [7, 11) is 0. The molecule has 5 heteroatoms. The zero-order valence-electron chi connectivity index (χ0n) is 10.2. The zero-order valence-corrected chi connectivity index (χ0v) is 10.9. The largest absolute Gasteiger partial charge is 0.481 e. The highest BCUT2D eigenvalue weighted by Crippen LogP contribution is 2.32. The highest BCUT2D eigenvalue weighted by atomic mass is 35.5. The fourth-order valence-corrected chi connectivity index (χ4v) is 2.69. The summed E-state index contributed by atoms with van der Waals surface area (Å²) in [4.78, 5) is 12.7. The Morgan fingerprint density at radius 2 is 2.28 bits per heavy atom. The van der Waals surface area contributed by atoms with Crippen molar-refractivity contribution in [1.29, 1.82) is 0 Å². The van der Waals surface area contributed by atoms with Gasteiger partial charge in [0.15, 0.2) is 0 Å². The van der Waals surface area contributed by atoms with Crippen molar-refractivity contribution in [2.75, 3.05) is 18.0 Å². The van der Waals surface area contributed by atoms with Gasteiger partial charge in [-0.2, -0.15) is 0 Å². The van der Waals surface area contributed by atoms with Gasteiger partial charge in [-0.25, -0.2) is 0 Å². The molecular formula is C13H16ClNO3. The summed E-state index contributed by atoms with van der Waals surface area (Å²) in [6.07, 6.45) is 0.261. The molecule has 1 saturated heterocycles. The topological polar surface area (TPSA) is 60.8 Å². The molecule has 1 fully saturated rings. The predicted molar refractivity (Wildman–Crippen MR) is 70.2 cm³/mol. The van der Waals surface area contributed by atoms with Crippen LogP contribution in [0.4, 0.5) is 5.69 Å². The van der Waals surface area contributed by atoms with Crippen LogP contribution in [-0.2, 0) is 4.79 Å². The van der Waals surface area contributed by atoms with E-state index in [0.29, 0.717) is 24.5 Å². The van der Waals surface area contributed by atoms with Gasteiger partial charge in [0.05, 0.1) is 12.0 Å². The first kappa shape index (κ1) is 13.2. The number of halogens is 1. The molecule has 1 atom stereocenters. The number of β-amino-alcohol motifs (C(OH)–C–C–N with tert-alkyl or cyclic N) is 1. The lowest BCUT2D eigenvalue weighted by molar-refractivity contribution is -0.141. The molecule has 1 unspecified atom stereocenters. The minimum atomic E-state index is -1.13. The fraction of sp³-hybridized carbons (Fsp3) is 0.462. The van der Waals surface area contributed by atoms with E-state index in [1.807, 2.05) is 24.0 Å². The fourth-order valence-electron chi connectivity index (χ4n) is 2.46. The third kappa shape index (κ3) is 2.76. The van der Waals surface area contributed by atoms with Crippen LogP contribution in [0.3, 0.4) is 0 Å². The van der Waals surface area contributed by atoms with Gasteiger partial charge in [0.1, 0.15) is 0 Å². The number of nitrogens with zero attached hydrogens (tertiary/aromatic N) is 1. The molecule has 1 aromatic carbocycles. The van der Waals surface area contributed by atoms with E-state index in [9.17, 15) is 9.90 Å². The Kier molecular flexibility index (Phi) is 3.50. The molecule has 1 aliphatic rings. The first-order valence-electron chi connectivity index (χ1n) is 5.85. The van der Waals surface area contributed by atoms with Gasteiger partial charge in [-0.05, 0) is 37.1 Å². The van der Waals surface area contributed by atoms with Gasteiger partial charge in [-0.15, -0.1) is 0 Å². The summed E-state index contributed by atoms with van der Waals surface area (Å²) in [5.41, 5.74) is 0.903. The van der Waals surface area contributed by atoms with Gasteiger partial charge in [0.2, 0.25) is 0 Å². The molecule has 0 bridgehead atoms. The van der Waals surface area contributed by atoms with Crippen LogP contribution in [0, 0.1) is 6.92 Å². The van der Waals surface area contributed by atoms with Gasteiger partial charge in [-0.1, -0.05) is 11.6 Å². The molecule has 0 saturated carbocycles. The molecular weight excluding hydrogens is 254 g/mol. The number of hydrogen-bond acceptors (Lipinski definition) is 3.